The predicted molar refractivity (Wildman–Crippen MR) is 143 cm³/mol. The summed E-state index contributed by atoms with van der Waals surface area (Å²) < 4.78 is 65.7. The summed E-state index contributed by atoms with van der Waals surface area (Å²) in [5.74, 6) is -1.34. The zero-order chi connectivity index (χ0) is 28.8. The highest BCUT2D eigenvalue weighted by atomic mass is 35.5. The molecule has 1 atom stereocenters. The Balaban J connectivity index is 2.48. The van der Waals surface area contributed by atoms with Crippen molar-refractivity contribution in [3.8, 4) is 0 Å². The van der Waals surface area contributed by atoms with Crippen LogP contribution in [0.4, 0.5) is 18.9 Å². The van der Waals surface area contributed by atoms with Gasteiger partial charge in [-0.25, -0.2) is 8.42 Å². The monoisotopic (exact) mass is 615 g/mol. The standard InChI is InChI=1S/C24H27Cl3F3N3O4S/c1-4-5-10-31-23(35)15(2)32(13-16-6-8-18(25)20(27)11-16)22(34)14-33(38(3,36)37)21-12-17(24(28,29)30)7-9-19(21)26/h6-9,11-12,15H,4-5,10,13-14H2,1-3H3,(H,31,35)/t15-/m1/s1. The van der Waals surface area contributed by atoms with E-state index >= 15 is 0 Å². The normalized spacial score (nSPS) is 12.7. The van der Waals surface area contributed by atoms with Gasteiger partial charge in [-0.3, -0.25) is 13.9 Å². The van der Waals surface area contributed by atoms with Crippen LogP contribution in [0.1, 0.15) is 37.8 Å². The second-order valence-corrected chi connectivity index (χ2v) is 11.7. The summed E-state index contributed by atoms with van der Waals surface area (Å²) >= 11 is 18.1. The van der Waals surface area contributed by atoms with Crippen molar-refractivity contribution in [3.63, 3.8) is 0 Å². The first-order chi connectivity index (χ1) is 17.6. The van der Waals surface area contributed by atoms with Crippen molar-refractivity contribution in [2.45, 2.75) is 45.5 Å². The van der Waals surface area contributed by atoms with Crippen LogP contribution < -0.4 is 9.62 Å². The van der Waals surface area contributed by atoms with Crippen molar-refractivity contribution in [2.24, 2.45) is 0 Å². The van der Waals surface area contributed by atoms with Gasteiger partial charge in [-0.2, -0.15) is 13.2 Å². The molecule has 38 heavy (non-hydrogen) atoms. The molecule has 0 fully saturated rings. The molecule has 0 aliphatic carbocycles. The maximum Gasteiger partial charge on any atom is 0.416 e. The first-order valence-corrected chi connectivity index (χ1v) is 14.4. The fourth-order valence-corrected chi connectivity index (χ4v) is 4.87. The molecule has 0 heterocycles. The van der Waals surface area contributed by atoms with E-state index in [2.05, 4.69) is 5.32 Å². The van der Waals surface area contributed by atoms with Crippen molar-refractivity contribution in [1.82, 2.24) is 10.2 Å². The van der Waals surface area contributed by atoms with Crippen molar-refractivity contribution in [1.29, 1.82) is 0 Å². The molecule has 210 valence electrons. The van der Waals surface area contributed by atoms with Crippen LogP contribution >= 0.6 is 34.8 Å². The van der Waals surface area contributed by atoms with Crippen LogP contribution in [0.25, 0.3) is 0 Å². The summed E-state index contributed by atoms with van der Waals surface area (Å²) in [6.45, 7) is 2.69. The summed E-state index contributed by atoms with van der Waals surface area (Å²) in [5.41, 5.74) is -1.18. The Morgan fingerprint density at radius 2 is 1.66 bits per heavy atom. The molecular formula is C24H27Cl3F3N3O4S. The molecule has 0 saturated carbocycles. The van der Waals surface area contributed by atoms with E-state index in [1.165, 1.54) is 19.1 Å². The predicted octanol–water partition coefficient (Wildman–Crippen LogP) is 5.77. The summed E-state index contributed by atoms with van der Waals surface area (Å²) in [6, 6.07) is 5.66. The van der Waals surface area contributed by atoms with E-state index in [1.54, 1.807) is 6.07 Å². The van der Waals surface area contributed by atoms with Crippen LogP contribution in [0.2, 0.25) is 15.1 Å². The average Bonchev–Trinajstić information content (AvgIpc) is 2.81. The third-order valence-corrected chi connectivity index (χ3v) is 7.74. The van der Waals surface area contributed by atoms with Crippen molar-refractivity contribution >= 4 is 62.3 Å². The number of nitrogens with zero attached hydrogens (tertiary/aromatic N) is 2. The highest BCUT2D eigenvalue weighted by molar-refractivity contribution is 7.92. The van der Waals surface area contributed by atoms with E-state index in [-0.39, 0.29) is 21.6 Å². The molecule has 0 radical (unpaired) electrons. The number of hydrogen-bond donors (Lipinski definition) is 1. The number of halogens is 6. The average molecular weight is 617 g/mol. The Morgan fingerprint density at radius 3 is 2.21 bits per heavy atom. The van der Waals surface area contributed by atoms with Gasteiger partial charge >= 0.3 is 6.18 Å². The van der Waals surface area contributed by atoms with Gasteiger partial charge in [0.25, 0.3) is 0 Å². The second kappa shape index (κ2) is 13.2. The lowest BCUT2D eigenvalue weighted by Crippen LogP contribution is -2.51. The second-order valence-electron chi connectivity index (χ2n) is 8.52. The van der Waals surface area contributed by atoms with Gasteiger partial charge in [0, 0.05) is 13.1 Å². The number of unbranched alkanes of at least 4 members (excludes halogenated alkanes) is 1. The van der Waals surface area contributed by atoms with Gasteiger partial charge < -0.3 is 10.2 Å². The number of alkyl halides is 3. The largest absolute Gasteiger partial charge is 0.416 e. The number of benzene rings is 2. The number of sulfonamides is 1. The molecule has 7 nitrogen and oxygen atoms in total. The molecule has 2 amide bonds. The quantitative estimate of drug-likeness (QED) is 0.325. The van der Waals surface area contributed by atoms with E-state index in [0.717, 1.165) is 23.6 Å². The van der Waals surface area contributed by atoms with Crippen LogP contribution in [0.3, 0.4) is 0 Å². The molecule has 0 bridgehead atoms. The van der Waals surface area contributed by atoms with Crippen molar-refractivity contribution in [3.05, 3.63) is 62.6 Å². The molecule has 0 aliphatic rings. The van der Waals surface area contributed by atoms with Gasteiger partial charge in [-0.15, -0.1) is 0 Å². The molecular weight excluding hydrogens is 590 g/mol. The SMILES string of the molecule is CCCCNC(=O)[C@@H](C)N(Cc1ccc(Cl)c(Cl)c1)C(=O)CN(c1cc(C(F)(F)F)ccc1Cl)S(C)(=O)=O. The third kappa shape index (κ3) is 8.65. The zero-order valence-corrected chi connectivity index (χ0v) is 23.9. The van der Waals surface area contributed by atoms with Crippen molar-refractivity contribution < 1.29 is 31.2 Å². The zero-order valence-electron chi connectivity index (χ0n) is 20.8. The number of carbonyl (C=O) groups is 2. The van der Waals surface area contributed by atoms with E-state index < -0.39 is 51.9 Å². The molecule has 0 spiro atoms. The molecule has 14 heteroatoms. The topological polar surface area (TPSA) is 86.8 Å². The molecule has 2 aromatic rings. The molecule has 2 aromatic carbocycles. The first kappa shape index (κ1) is 32.0. The highest BCUT2D eigenvalue weighted by Gasteiger charge is 2.34. The fraction of sp³-hybridized carbons (Fsp3) is 0.417. The summed E-state index contributed by atoms with van der Waals surface area (Å²) in [6.07, 6.45) is -2.52. The smallest absolute Gasteiger partial charge is 0.354 e. The summed E-state index contributed by atoms with van der Waals surface area (Å²) in [7, 11) is -4.29. The first-order valence-electron chi connectivity index (χ1n) is 11.4. The van der Waals surface area contributed by atoms with Gasteiger partial charge in [-0.1, -0.05) is 54.2 Å². The van der Waals surface area contributed by atoms with Gasteiger partial charge in [-0.05, 0) is 49.2 Å². The number of amides is 2. The molecule has 0 saturated heterocycles. The molecule has 0 unspecified atom stereocenters. The van der Waals surface area contributed by atoms with Crippen LogP contribution in [0, 0.1) is 0 Å². The lowest BCUT2D eigenvalue weighted by Gasteiger charge is -2.32. The number of hydrogen-bond acceptors (Lipinski definition) is 4. The number of anilines is 1. The van der Waals surface area contributed by atoms with Crippen LogP contribution in [-0.2, 0) is 32.3 Å². The lowest BCUT2D eigenvalue weighted by molar-refractivity contribution is -0.139. The van der Waals surface area contributed by atoms with Crippen molar-refractivity contribution in [2.75, 3.05) is 23.7 Å². The molecule has 1 N–H and O–H groups in total. The third-order valence-electron chi connectivity index (χ3n) is 5.56. The molecule has 0 aromatic heterocycles. The van der Waals surface area contributed by atoms with Gasteiger partial charge in [0.15, 0.2) is 0 Å². The maximum absolute atomic E-state index is 13.5. The maximum atomic E-state index is 13.5. The Bertz CT molecular complexity index is 1280. The Hall–Kier alpha value is -2.21. The Kier molecular flexibility index (Phi) is 11.1. The minimum atomic E-state index is -4.78. The van der Waals surface area contributed by atoms with Crippen LogP contribution in [-0.4, -0.2) is 50.5 Å². The molecule has 2 rings (SSSR count). The summed E-state index contributed by atoms with van der Waals surface area (Å²) in [4.78, 5) is 27.4. The van der Waals surface area contributed by atoms with Crippen LogP contribution in [0.15, 0.2) is 36.4 Å². The highest BCUT2D eigenvalue weighted by Crippen LogP contribution is 2.36. The Morgan fingerprint density at radius 1 is 1.03 bits per heavy atom. The van der Waals surface area contributed by atoms with E-state index in [4.69, 9.17) is 34.8 Å². The minimum absolute atomic E-state index is 0.161. The fourth-order valence-electron chi connectivity index (χ4n) is 3.43. The number of nitrogens with one attached hydrogen (secondary N) is 1. The molecule has 0 aliphatic heterocycles. The van der Waals surface area contributed by atoms with E-state index in [1.807, 2.05) is 6.92 Å². The van der Waals surface area contributed by atoms with Crippen LogP contribution in [0.5, 0.6) is 0 Å². The number of carbonyl (C=O) groups excluding carboxylic acids is 2. The minimum Gasteiger partial charge on any atom is -0.354 e. The summed E-state index contributed by atoms with van der Waals surface area (Å²) in [5, 5.41) is 2.87. The Labute approximate surface area is 234 Å². The van der Waals surface area contributed by atoms with Gasteiger partial charge in [0.2, 0.25) is 21.8 Å². The number of rotatable bonds is 11. The lowest BCUT2D eigenvalue weighted by atomic mass is 10.1. The van der Waals surface area contributed by atoms with Gasteiger partial charge in [0.05, 0.1) is 32.6 Å². The van der Waals surface area contributed by atoms with E-state index in [0.29, 0.717) is 35.0 Å². The van der Waals surface area contributed by atoms with E-state index in [9.17, 15) is 31.2 Å². The van der Waals surface area contributed by atoms with Gasteiger partial charge in [0.1, 0.15) is 12.6 Å².